The zero-order chi connectivity index (χ0) is 20.0. The predicted molar refractivity (Wildman–Crippen MR) is 121 cm³/mol. The molecule has 3 aromatic heterocycles. The highest BCUT2D eigenvalue weighted by atomic mass is 79.9. The number of anilines is 1. The first-order valence-electron chi connectivity index (χ1n) is 9.13. The number of carbonyl (C=O) groups is 1. The van der Waals surface area contributed by atoms with E-state index in [0.717, 1.165) is 17.4 Å². The Morgan fingerprint density at radius 2 is 2.03 bits per heavy atom. The van der Waals surface area contributed by atoms with Gasteiger partial charge in [-0.15, -0.1) is 22.7 Å². The Bertz CT molecular complexity index is 1240. The molecule has 0 unspecified atom stereocenters. The van der Waals surface area contributed by atoms with Gasteiger partial charge in [0.25, 0.3) is 0 Å². The predicted octanol–water partition coefficient (Wildman–Crippen LogP) is 4.33. The number of H-pyrrole nitrogens is 2. The van der Waals surface area contributed by atoms with Crippen LogP contribution in [0.4, 0.5) is 5.69 Å². The Balaban J connectivity index is 1.39. The number of aromatic amines is 2. The van der Waals surface area contributed by atoms with Crippen molar-refractivity contribution in [3.63, 3.8) is 0 Å². The van der Waals surface area contributed by atoms with Crippen LogP contribution in [0.2, 0.25) is 0 Å². The first-order chi connectivity index (χ1) is 14.1. The zero-order valence-corrected chi connectivity index (χ0v) is 18.4. The van der Waals surface area contributed by atoms with Gasteiger partial charge in [0.05, 0.1) is 29.3 Å². The molecule has 1 atom stereocenters. The van der Waals surface area contributed by atoms with Gasteiger partial charge in [-0.2, -0.15) is 0 Å². The second kappa shape index (κ2) is 7.56. The van der Waals surface area contributed by atoms with Gasteiger partial charge in [-0.1, -0.05) is 6.07 Å². The topological polar surface area (TPSA) is 81.0 Å². The molecule has 1 aromatic carbocycles. The van der Waals surface area contributed by atoms with Crippen molar-refractivity contribution in [3.8, 4) is 0 Å². The van der Waals surface area contributed by atoms with Gasteiger partial charge in [0.15, 0.2) is 0 Å². The molecule has 29 heavy (non-hydrogen) atoms. The van der Waals surface area contributed by atoms with Crippen molar-refractivity contribution in [2.24, 2.45) is 0 Å². The van der Waals surface area contributed by atoms with E-state index < -0.39 is 0 Å². The molecule has 0 fully saturated rings. The summed E-state index contributed by atoms with van der Waals surface area (Å²) in [6.07, 6.45) is 0.961. The molecule has 3 N–H and O–H groups in total. The molecular weight excluding hydrogens is 472 g/mol. The molecule has 0 saturated carbocycles. The van der Waals surface area contributed by atoms with Crippen molar-refractivity contribution in [2.75, 3.05) is 18.4 Å². The SMILES string of the molecule is O=C(CN1CCc2sccc2[C@H]1c1cccs1)Nc1cc2[nH]c(=O)[nH]c2cc1Br. The number of halogens is 1. The summed E-state index contributed by atoms with van der Waals surface area (Å²) < 4.78 is 0.724. The number of nitrogens with one attached hydrogen (secondary N) is 3. The largest absolute Gasteiger partial charge is 0.324 e. The van der Waals surface area contributed by atoms with Crippen LogP contribution in [0.1, 0.15) is 21.4 Å². The lowest BCUT2D eigenvalue weighted by Gasteiger charge is -2.34. The normalized spacial score (nSPS) is 16.8. The monoisotopic (exact) mass is 488 g/mol. The van der Waals surface area contributed by atoms with E-state index in [0.29, 0.717) is 23.3 Å². The molecule has 5 rings (SSSR count). The summed E-state index contributed by atoms with van der Waals surface area (Å²) in [5, 5.41) is 7.20. The molecule has 148 valence electrons. The van der Waals surface area contributed by atoms with Gasteiger partial charge in [-0.05, 0) is 62.9 Å². The summed E-state index contributed by atoms with van der Waals surface area (Å²) in [6, 6.07) is 10.0. The fourth-order valence-electron chi connectivity index (χ4n) is 3.84. The quantitative estimate of drug-likeness (QED) is 0.399. The van der Waals surface area contributed by atoms with Crippen molar-refractivity contribution in [2.45, 2.75) is 12.5 Å². The van der Waals surface area contributed by atoms with Crippen LogP contribution >= 0.6 is 38.6 Å². The Morgan fingerprint density at radius 3 is 2.83 bits per heavy atom. The number of amides is 1. The number of rotatable bonds is 4. The van der Waals surface area contributed by atoms with E-state index in [1.54, 1.807) is 34.8 Å². The van der Waals surface area contributed by atoms with Gasteiger partial charge >= 0.3 is 5.69 Å². The average molecular weight is 489 g/mol. The number of aromatic nitrogens is 2. The number of hydrogen-bond donors (Lipinski definition) is 3. The number of benzene rings is 1. The Kier molecular flexibility index (Phi) is 4.91. The lowest BCUT2D eigenvalue weighted by molar-refractivity contribution is -0.117. The second-order valence-corrected chi connectivity index (χ2v) is 9.78. The molecular formula is C20H17BrN4O2S2. The number of carbonyl (C=O) groups excluding carboxylic acids is 1. The van der Waals surface area contributed by atoms with Gasteiger partial charge < -0.3 is 15.3 Å². The molecule has 0 radical (unpaired) electrons. The second-order valence-electron chi connectivity index (χ2n) is 6.94. The maximum Gasteiger partial charge on any atom is 0.323 e. The number of hydrogen-bond acceptors (Lipinski definition) is 5. The van der Waals surface area contributed by atoms with Crippen molar-refractivity contribution >= 4 is 61.2 Å². The number of imidazole rings is 1. The van der Waals surface area contributed by atoms with E-state index in [-0.39, 0.29) is 17.6 Å². The molecule has 0 bridgehead atoms. The minimum absolute atomic E-state index is 0.0804. The maximum atomic E-state index is 12.9. The Labute approximate surface area is 182 Å². The first-order valence-corrected chi connectivity index (χ1v) is 11.7. The van der Waals surface area contributed by atoms with Crippen LogP contribution in [-0.4, -0.2) is 33.9 Å². The molecule has 6 nitrogen and oxygen atoms in total. The lowest BCUT2D eigenvalue weighted by Crippen LogP contribution is -2.40. The van der Waals surface area contributed by atoms with Gasteiger partial charge in [-0.3, -0.25) is 9.69 Å². The Hall–Kier alpha value is -2.20. The zero-order valence-electron chi connectivity index (χ0n) is 15.2. The molecule has 0 saturated heterocycles. The average Bonchev–Trinajstić information content (AvgIpc) is 3.42. The molecule has 1 aliphatic heterocycles. The van der Waals surface area contributed by atoms with Crippen LogP contribution in [0.5, 0.6) is 0 Å². The summed E-state index contributed by atoms with van der Waals surface area (Å²) in [7, 11) is 0. The molecule has 1 aliphatic rings. The minimum Gasteiger partial charge on any atom is -0.324 e. The molecule has 9 heteroatoms. The summed E-state index contributed by atoms with van der Waals surface area (Å²) >= 11 is 7.00. The highest BCUT2D eigenvalue weighted by Crippen LogP contribution is 2.39. The standard InChI is InChI=1S/C20H17BrN4O2S2/c21-12-8-14-15(24-20(27)23-14)9-13(12)22-18(26)10-25-5-3-16-11(4-7-29-16)19(25)17-2-1-6-28-17/h1-2,4,6-9,19H,3,5,10H2,(H,22,26)(H2,23,24,27)/t19-/m0/s1. The van der Waals surface area contributed by atoms with E-state index in [1.807, 2.05) is 0 Å². The smallest absolute Gasteiger partial charge is 0.323 e. The molecule has 4 heterocycles. The van der Waals surface area contributed by atoms with E-state index in [1.165, 1.54) is 15.3 Å². The fourth-order valence-corrected chi connectivity index (χ4v) is 6.07. The van der Waals surface area contributed by atoms with Crippen LogP contribution in [0, 0.1) is 0 Å². The maximum absolute atomic E-state index is 12.9. The van der Waals surface area contributed by atoms with Crippen molar-refractivity contribution in [3.05, 3.63) is 71.4 Å². The summed E-state index contributed by atoms with van der Waals surface area (Å²) in [4.78, 5) is 34.7. The number of fused-ring (bicyclic) bond motifs is 2. The molecule has 0 spiro atoms. The highest BCUT2D eigenvalue weighted by molar-refractivity contribution is 9.10. The third-order valence-corrected chi connectivity index (χ3v) is 7.68. The van der Waals surface area contributed by atoms with Crippen LogP contribution < -0.4 is 11.0 Å². The van der Waals surface area contributed by atoms with E-state index in [4.69, 9.17) is 0 Å². The molecule has 4 aromatic rings. The van der Waals surface area contributed by atoms with Crippen molar-refractivity contribution in [1.82, 2.24) is 14.9 Å². The number of thiophene rings is 2. The minimum atomic E-state index is -0.269. The van der Waals surface area contributed by atoms with Crippen molar-refractivity contribution in [1.29, 1.82) is 0 Å². The van der Waals surface area contributed by atoms with Crippen LogP contribution in [0.15, 0.2) is 50.4 Å². The number of nitrogens with zero attached hydrogens (tertiary/aromatic N) is 1. The van der Waals surface area contributed by atoms with Crippen LogP contribution in [0.25, 0.3) is 11.0 Å². The fraction of sp³-hybridized carbons (Fsp3) is 0.200. The Morgan fingerprint density at radius 1 is 1.21 bits per heavy atom. The van der Waals surface area contributed by atoms with E-state index >= 15 is 0 Å². The highest BCUT2D eigenvalue weighted by Gasteiger charge is 2.31. The summed E-state index contributed by atoms with van der Waals surface area (Å²) in [5.74, 6) is -0.0804. The van der Waals surface area contributed by atoms with Crippen molar-refractivity contribution < 1.29 is 4.79 Å². The van der Waals surface area contributed by atoms with Gasteiger partial charge in [-0.25, -0.2) is 4.79 Å². The van der Waals surface area contributed by atoms with Gasteiger partial charge in [0.1, 0.15) is 0 Å². The van der Waals surface area contributed by atoms with Crippen LogP contribution in [-0.2, 0) is 11.2 Å². The van der Waals surface area contributed by atoms with Gasteiger partial charge in [0, 0.05) is 20.8 Å². The lowest BCUT2D eigenvalue weighted by atomic mass is 9.98. The molecule has 1 amide bonds. The third kappa shape index (κ3) is 3.59. The third-order valence-electron chi connectivity index (χ3n) is 5.10. The van der Waals surface area contributed by atoms with Gasteiger partial charge in [0.2, 0.25) is 5.91 Å². The van der Waals surface area contributed by atoms with E-state index in [9.17, 15) is 9.59 Å². The summed E-state index contributed by atoms with van der Waals surface area (Å²) in [5.41, 5.74) is 3.03. The summed E-state index contributed by atoms with van der Waals surface area (Å²) in [6.45, 7) is 1.14. The first kappa shape index (κ1) is 18.8. The molecule has 0 aliphatic carbocycles. The van der Waals surface area contributed by atoms with E-state index in [2.05, 4.69) is 65.1 Å². The van der Waals surface area contributed by atoms with Crippen LogP contribution in [0.3, 0.4) is 0 Å².